The molecule has 3 aromatic heterocycles. The Morgan fingerprint density at radius 3 is 2.09 bits per heavy atom. The van der Waals surface area contributed by atoms with Crippen molar-refractivity contribution in [3.8, 4) is 50.9 Å². The summed E-state index contributed by atoms with van der Waals surface area (Å²) in [6.45, 7) is 19.9. The van der Waals surface area contributed by atoms with Crippen molar-refractivity contribution in [1.82, 2.24) is 14.1 Å². The van der Waals surface area contributed by atoms with Crippen molar-refractivity contribution < 1.29 is 37.2 Å². The van der Waals surface area contributed by atoms with Crippen molar-refractivity contribution >= 4 is 32.8 Å². The summed E-state index contributed by atoms with van der Waals surface area (Å²) in [5.74, 6) is 1.74. The number of aromatic nitrogens is 4. The summed E-state index contributed by atoms with van der Waals surface area (Å²) in [6.07, 6.45) is 5.60. The normalized spacial score (nSPS) is 13.3. The van der Waals surface area contributed by atoms with Crippen LogP contribution >= 0.6 is 0 Å². The van der Waals surface area contributed by atoms with E-state index in [2.05, 4.69) is 163 Å². The first-order chi connectivity index (χ1) is 33.2. The Bertz CT molecular complexity index is 3690. The van der Waals surface area contributed by atoms with Gasteiger partial charge in [0.15, 0.2) is 0 Å². The van der Waals surface area contributed by atoms with Crippen LogP contribution in [0, 0.1) is 18.5 Å². The molecule has 5 nitrogen and oxygen atoms in total. The summed E-state index contributed by atoms with van der Waals surface area (Å²) in [4.78, 5) is 4.85. The van der Waals surface area contributed by atoms with Gasteiger partial charge in [-0.2, -0.15) is 18.2 Å². The second-order valence-corrected chi connectivity index (χ2v) is 19.8. The topological polar surface area (TPSA) is 35.9 Å². The summed E-state index contributed by atoms with van der Waals surface area (Å²) < 4.78 is 55.9. The van der Waals surface area contributed by atoms with E-state index in [-0.39, 0.29) is 55.0 Å². The van der Waals surface area contributed by atoms with E-state index in [1.807, 2.05) is 65.4 Å². The van der Waals surface area contributed by atoms with Crippen LogP contribution in [-0.2, 0) is 37.3 Å². The molecule has 0 amide bonds. The summed E-state index contributed by atoms with van der Waals surface area (Å²) in [5.41, 5.74) is 10.6. The molecule has 0 unspecified atom stereocenters. The summed E-state index contributed by atoms with van der Waals surface area (Å²) >= 11 is 0. The maximum atomic E-state index is 8.91. The standard InChI is InChI=1S/C60H54N4O.Pt/c1-58(2,3)43-21-15-20-42(34-43)48-25-17-26-51(60(7,8)9)57(48)63-39-62(55-35-41(28-31-53(55)63)40-18-11-10-12-19-40)45-22-16-23-46(37-45)65-47-29-30-50-49-24-13-14-27-52(49)64(54(50)38-47)56-36-44(32-33-61-56)59(4,5)6;/h10-36H,1-9H3;/q-2;/i10D,11D,12D,18D,19D;. The molecule has 0 saturated carbocycles. The van der Waals surface area contributed by atoms with Gasteiger partial charge in [0.1, 0.15) is 5.82 Å². The molecule has 0 aliphatic rings. The third-order valence-electron chi connectivity index (χ3n) is 12.2. The number of benzene rings is 7. The van der Waals surface area contributed by atoms with Gasteiger partial charge in [0.2, 0.25) is 0 Å². The molecule has 0 saturated heterocycles. The van der Waals surface area contributed by atoms with Gasteiger partial charge in [0, 0.05) is 44.3 Å². The molecule has 66 heavy (non-hydrogen) atoms. The molecule has 6 heteroatoms. The largest absolute Gasteiger partial charge is 0.510 e. The second kappa shape index (κ2) is 17.0. The average Bonchev–Trinajstić information content (AvgIpc) is 3.87. The minimum absolute atomic E-state index is 0. The number of pyridine rings is 1. The van der Waals surface area contributed by atoms with Gasteiger partial charge < -0.3 is 13.9 Å². The number of rotatable bonds is 7. The van der Waals surface area contributed by atoms with Crippen molar-refractivity contribution in [3.63, 3.8) is 0 Å². The molecule has 332 valence electrons. The summed E-state index contributed by atoms with van der Waals surface area (Å²) in [5, 5.41) is 2.11. The van der Waals surface area contributed by atoms with Crippen LogP contribution in [0.3, 0.4) is 0 Å². The van der Waals surface area contributed by atoms with E-state index < -0.39 is 18.1 Å². The SMILES string of the molecule is [2H]c1c([2H])c([2H])c(-c2ccc3c(c2)n(-c2[c-]c(Oc4[c-]c5c(cc4)c4ccccc4n5-c4cc(C(C)(C)C)ccn4)ccc2)[c-][n+]3-c2c(-c3cccc(C(C)(C)C)c3)cccc2C(C)(C)C)c([2H])c1[2H].[Pt]. The van der Waals surface area contributed by atoms with E-state index in [0.717, 1.165) is 55.5 Å². The van der Waals surface area contributed by atoms with E-state index in [4.69, 9.17) is 16.6 Å². The van der Waals surface area contributed by atoms with Crippen LogP contribution in [0.2, 0.25) is 0 Å². The summed E-state index contributed by atoms with van der Waals surface area (Å²) in [7, 11) is 0. The van der Waals surface area contributed by atoms with Gasteiger partial charge in [-0.25, -0.2) is 4.98 Å². The Labute approximate surface area is 410 Å². The van der Waals surface area contributed by atoms with Gasteiger partial charge in [0.25, 0.3) is 6.33 Å². The fraction of sp³-hybridized carbons (Fsp3) is 0.200. The first-order valence-electron chi connectivity index (χ1n) is 24.6. The van der Waals surface area contributed by atoms with E-state index >= 15 is 0 Å². The van der Waals surface area contributed by atoms with E-state index in [1.54, 1.807) is 0 Å². The Balaban J connectivity index is 0.00000624. The van der Waals surface area contributed by atoms with Crippen molar-refractivity contribution in [2.45, 2.75) is 78.6 Å². The van der Waals surface area contributed by atoms with Crippen molar-refractivity contribution in [1.29, 1.82) is 0 Å². The van der Waals surface area contributed by atoms with Crippen LogP contribution in [0.25, 0.3) is 72.3 Å². The molecule has 0 N–H and O–H groups in total. The van der Waals surface area contributed by atoms with Crippen LogP contribution in [0.5, 0.6) is 11.5 Å². The number of fused-ring (bicyclic) bond motifs is 4. The molecule has 0 fully saturated rings. The van der Waals surface area contributed by atoms with Gasteiger partial charge in [-0.05, 0) is 90.5 Å². The zero-order chi connectivity index (χ0) is 49.6. The number of imidazole rings is 1. The van der Waals surface area contributed by atoms with Crippen molar-refractivity contribution in [3.05, 3.63) is 199 Å². The van der Waals surface area contributed by atoms with E-state index in [9.17, 15) is 0 Å². The maximum absolute atomic E-state index is 8.91. The summed E-state index contributed by atoms with van der Waals surface area (Å²) in [6, 6.07) is 48.4. The van der Waals surface area contributed by atoms with Crippen molar-refractivity contribution in [2.75, 3.05) is 0 Å². The molecule has 10 aromatic rings. The second-order valence-electron chi connectivity index (χ2n) is 19.8. The smallest absolute Gasteiger partial charge is 0.268 e. The minimum atomic E-state index is -0.438. The number of hydrogen-bond donors (Lipinski definition) is 0. The zero-order valence-electron chi connectivity index (χ0n) is 43.7. The fourth-order valence-corrected chi connectivity index (χ4v) is 8.70. The third kappa shape index (κ3) is 8.31. The molecular formula is C60H54N4OPt-2. The monoisotopic (exact) mass is 1050 g/mol. The first kappa shape index (κ1) is 38.7. The van der Waals surface area contributed by atoms with Crippen LogP contribution in [0.4, 0.5) is 0 Å². The molecule has 0 bridgehead atoms. The molecule has 10 rings (SSSR count). The minimum Gasteiger partial charge on any atom is -0.510 e. The Hall–Kier alpha value is -6.55. The van der Waals surface area contributed by atoms with Crippen LogP contribution in [0.1, 0.15) is 85.9 Å². The molecule has 0 radical (unpaired) electrons. The predicted octanol–water partition coefficient (Wildman–Crippen LogP) is 14.8. The first-order valence-corrected chi connectivity index (χ1v) is 22.1. The van der Waals surface area contributed by atoms with Crippen molar-refractivity contribution in [2.24, 2.45) is 0 Å². The molecular weight excluding hydrogens is 988 g/mol. The Morgan fingerprint density at radius 1 is 0.591 bits per heavy atom. The predicted molar refractivity (Wildman–Crippen MR) is 267 cm³/mol. The quantitative estimate of drug-likeness (QED) is 0.118. The van der Waals surface area contributed by atoms with E-state index in [0.29, 0.717) is 28.3 Å². The average molecular weight is 1050 g/mol. The van der Waals surface area contributed by atoms with Crippen LogP contribution in [0.15, 0.2) is 164 Å². The number of para-hydroxylation sites is 2. The molecule has 0 spiro atoms. The third-order valence-corrected chi connectivity index (χ3v) is 12.2. The molecule has 0 aliphatic carbocycles. The van der Waals surface area contributed by atoms with Gasteiger partial charge in [-0.15, -0.1) is 29.7 Å². The number of ether oxygens (including phenoxy) is 1. The Kier molecular flexibility index (Phi) is 9.98. The number of nitrogens with zero attached hydrogens (tertiary/aromatic N) is 4. The molecule has 3 heterocycles. The maximum Gasteiger partial charge on any atom is 0.268 e. The Morgan fingerprint density at radius 2 is 1.32 bits per heavy atom. The van der Waals surface area contributed by atoms with Gasteiger partial charge in [0.05, 0.1) is 23.6 Å². The van der Waals surface area contributed by atoms with Gasteiger partial charge in [-0.1, -0.05) is 171 Å². The molecule has 0 atom stereocenters. The number of hydrogen-bond acceptors (Lipinski definition) is 2. The van der Waals surface area contributed by atoms with Crippen LogP contribution in [-0.4, -0.2) is 14.1 Å². The molecule has 0 aliphatic heterocycles. The molecule has 7 aromatic carbocycles. The fourth-order valence-electron chi connectivity index (χ4n) is 8.70. The van der Waals surface area contributed by atoms with Gasteiger partial charge >= 0.3 is 0 Å². The zero-order valence-corrected chi connectivity index (χ0v) is 41.0. The van der Waals surface area contributed by atoms with Gasteiger partial charge in [-0.3, -0.25) is 4.57 Å². The van der Waals surface area contributed by atoms with Crippen LogP contribution < -0.4 is 9.30 Å². The van der Waals surface area contributed by atoms with E-state index in [1.165, 1.54) is 11.1 Å².